The highest BCUT2D eigenvalue weighted by Gasteiger charge is 2.29. The first kappa shape index (κ1) is 13.0. The van der Waals surface area contributed by atoms with Crippen molar-refractivity contribution in [2.45, 2.75) is 18.9 Å². The summed E-state index contributed by atoms with van der Waals surface area (Å²) in [6.07, 6.45) is 1.12. The number of rotatable bonds is 3. The number of aliphatic hydroxyl groups is 1. The molecular weight excluding hydrogens is 240 g/mol. The van der Waals surface area contributed by atoms with Gasteiger partial charge in [-0.05, 0) is 37.0 Å². The van der Waals surface area contributed by atoms with Crippen LogP contribution in [0.2, 0.25) is 0 Å². The minimum absolute atomic E-state index is 0.135. The van der Waals surface area contributed by atoms with Crippen molar-refractivity contribution in [2.24, 2.45) is 5.92 Å². The lowest BCUT2D eigenvalue weighted by molar-refractivity contribution is 0.0265. The Morgan fingerprint density at radius 3 is 2.61 bits per heavy atom. The Balaban J connectivity index is 1.99. The van der Waals surface area contributed by atoms with Gasteiger partial charge in [0.25, 0.3) is 5.91 Å². The zero-order chi connectivity index (χ0) is 13.3. The van der Waals surface area contributed by atoms with Crippen LogP contribution < -0.4 is 0 Å². The monoisotopic (exact) mass is 255 g/mol. The van der Waals surface area contributed by atoms with Gasteiger partial charge >= 0.3 is 0 Å². The van der Waals surface area contributed by atoms with E-state index in [0.29, 0.717) is 25.3 Å². The molecule has 1 amide bonds. The van der Waals surface area contributed by atoms with E-state index in [1.165, 1.54) is 11.0 Å². The van der Waals surface area contributed by atoms with Crippen LogP contribution in [-0.4, -0.2) is 35.6 Å². The molecule has 5 heteroatoms. The number of hydrogen-bond donors (Lipinski definition) is 1. The number of nitrogens with zero attached hydrogens (tertiary/aromatic N) is 1. The number of hydrogen-bond acceptors (Lipinski definition) is 2. The average Bonchev–Trinajstić information content (AvgIpc) is 2.29. The van der Waals surface area contributed by atoms with E-state index in [9.17, 15) is 13.6 Å². The van der Waals surface area contributed by atoms with Crippen LogP contribution in [0.3, 0.4) is 0 Å². The van der Waals surface area contributed by atoms with Crippen molar-refractivity contribution in [1.82, 2.24) is 4.90 Å². The predicted octanol–water partition coefficient (Wildman–Crippen LogP) is 1.81. The summed E-state index contributed by atoms with van der Waals surface area (Å²) >= 11 is 0. The highest BCUT2D eigenvalue weighted by molar-refractivity contribution is 5.94. The smallest absolute Gasteiger partial charge is 0.253 e. The van der Waals surface area contributed by atoms with Crippen LogP contribution in [-0.2, 0) is 0 Å². The van der Waals surface area contributed by atoms with E-state index in [4.69, 9.17) is 5.11 Å². The standard InChI is InChI=1S/C13H15F2NO2/c1-16(7-8-4-10(17)5-8)13(18)9-2-3-11(14)12(15)6-9/h2-3,6,8,10,17H,4-5,7H2,1H3. The average molecular weight is 255 g/mol. The second-order valence-electron chi connectivity index (χ2n) is 4.81. The van der Waals surface area contributed by atoms with E-state index in [1.54, 1.807) is 7.05 Å². The van der Waals surface area contributed by atoms with Gasteiger partial charge in [0, 0.05) is 19.2 Å². The van der Waals surface area contributed by atoms with Crippen molar-refractivity contribution in [3.8, 4) is 0 Å². The third-order valence-corrected chi connectivity index (χ3v) is 3.26. The van der Waals surface area contributed by atoms with Gasteiger partial charge in [0.05, 0.1) is 6.10 Å². The minimum atomic E-state index is -1.02. The first-order valence-corrected chi connectivity index (χ1v) is 5.86. The molecule has 1 aromatic rings. The van der Waals surface area contributed by atoms with Crippen LogP contribution in [0.25, 0.3) is 0 Å². The van der Waals surface area contributed by atoms with Crippen LogP contribution >= 0.6 is 0 Å². The van der Waals surface area contributed by atoms with E-state index >= 15 is 0 Å². The molecule has 1 aliphatic carbocycles. The van der Waals surface area contributed by atoms with E-state index < -0.39 is 11.6 Å². The molecule has 0 heterocycles. The molecule has 18 heavy (non-hydrogen) atoms. The fourth-order valence-corrected chi connectivity index (χ4v) is 2.17. The lowest BCUT2D eigenvalue weighted by Crippen LogP contribution is -2.39. The Morgan fingerprint density at radius 2 is 2.06 bits per heavy atom. The van der Waals surface area contributed by atoms with Crippen molar-refractivity contribution in [3.05, 3.63) is 35.4 Å². The molecule has 1 saturated carbocycles. The Kier molecular flexibility index (Phi) is 3.61. The number of benzene rings is 1. The molecule has 0 bridgehead atoms. The van der Waals surface area contributed by atoms with Gasteiger partial charge in [-0.1, -0.05) is 0 Å². The largest absolute Gasteiger partial charge is 0.393 e. The van der Waals surface area contributed by atoms with Gasteiger partial charge in [-0.2, -0.15) is 0 Å². The van der Waals surface area contributed by atoms with Crippen molar-refractivity contribution in [1.29, 1.82) is 0 Å². The van der Waals surface area contributed by atoms with Gasteiger partial charge in [0.15, 0.2) is 11.6 Å². The number of aliphatic hydroxyl groups excluding tert-OH is 1. The van der Waals surface area contributed by atoms with Crippen LogP contribution in [0.4, 0.5) is 8.78 Å². The van der Waals surface area contributed by atoms with Gasteiger partial charge in [0.1, 0.15) is 0 Å². The Labute approximate surface area is 104 Å². The van der Waals surface area contributed by atoms with Gasteiger partial charge in [-0.25, -0.2) is 8.78 Å². The number of carbonyl (C=O) groups excluding carboxylic acids is 1. The van der Waals surface area contributed by atoms with Gasteiger partial charge in [-0.3, -0.25) is 4.79 Å². The summed E-state index contributed by atoms with van der Waals surface area (Å²) in [5, 5.41) is 9.16. The fraction of sp³-hybridized carbons (Fsp3) is 0.462. The fourth-order valence-electron chi connectivity index (χ4n) is 2.17. The van der Waals surface area contributed by atoms with Crippen LogP contribution in [0.5, 0.6) is 0 Å². The van der Waals surface area contributed by atoms with Crippen LogP contribution in [0, 0.1) is 17.6 Å². The van der Waals surface area contributed by atoms with Gasteiger partial charge in [0.2, 0.25) is 0 Å². The first-order valence-electron chi connectivity index (χ1n) is 5.86. The number of amides is 1. The molecule has 0 radical (unpaired) electrons. The first-order chi connectivity index (χ1) is 8.47. The van der Waals surface area contributed by atoms with Crippen LogP contribution in [0.1, 0.15) is 23.2 Å². The molecule has 1 aromatic carbocycles. The topological polar surface area (TPSA) is 40.5 Å². The van der Waals surface area contributed by atoms with Gasteiger partial charge < -0.3 is 10.0 Å². The third-order valence-electron chi connectivity index (χ3n) is 3.26. The zero-order valence-electron chi connectivity index (χ0n) is 10.1. The molecule has 0 aromatic heterocycles. The molecule has 0 saturated heterocycles. The minimum Gasteiger partial charge on any atom is -0.393 e. The molecule has 2 rings (SSSR count). The summed E-state index contributed by atoms with van der Waals surface area (Å²) in [6.45, 7) is 0.523. The molecule has 1 aliphatic rings. The summed E-state index contributed by atoms with van der Waals surface area (Å²) in [7, 11) is 1.62. The van der Waals surface area contributed by atoms with E-state index in [2.05, 4.69) is 0 Å². The summed E-state index contributed by atoms with van der Waals surface area (Å²) < 4.78 is 25.8. The highest BCUT2D eigenvalue weighted by Crippen LogP contribution is 2.27. The molecule has 0 unspecified atom stereocenters. The molecule has 3 nitrogen and oxygen atoms in total. The Bertz CT molecular complexity index is 458. The lowest BCUT2D eigenvalue weighted by Gasteiger charge is -2.34. The van der Waals surface area contributed by atoms with Crippen molar-refractivity contribution < 1.29 is 18.7 Å². The van der Waals surface area contributed by atoms with Gasteiger partial charge in [-0.15, -0.1) is 0 Å². The van der Waals surface area contributed by atoms with E-state index in [1.807, 2.05) is 0 Å². The number of halogens is 2. The number of carbonyl (C=O) groups is 1. The van der Waals surface area contributed by atoms with Crippen LogP contribution in [0.15, 0.2) is 18.2 Å². The summed E-state index contributed by atoms with van der Waals surface area (Å²) in [6, 6.07) is 3.13. The van der Waals surface area contributed by atoms with E-state index in [0.717, 1.165) is 12.1 Å². The third kappa shape index (κ3) is 2.67. The van der Waals surface area contributed by atoms with Crippen molar-refractivity contribution >= 4 is 5.91 Å². The highest BCUT2D eigenvalue weighted by atomic mass is 19.2. The van der Waals surface area contributed by atoms with Crippen molar-refractivity contribution in [3.63, 3.8) is 0 Å². The maximum atomic E-state index is 13.0. The maximum absolute atomic E-state index is 13.0. The normalized spacial score (nSPS) is 22.4. The SMILES string of the molecule is CN(CC1CC(O)C1)C(=O)c1ccc(F)c(F)c1. The Morgan fingerprint density at radius 1 is 1.39 bits per heavy atom. The second-order valence-corrected chi connectivity index (χ2v) is 4.81. The van der Waals surface area contributed by atoms with Crippen molar-refractivity contribution in [2.75, 3.05) is 13.6 Å². The molecule has 0 spiro atoms. The molecule has 1 fully saturated rings. The lowest BCUT2D eigenvalue weighted by atomic mass is 9.82. The zero-order valence-corrected chi connectivity index (χ0v) is 10.1. The quantitative estimate of drug-likeness (QED) is 0.894. The molecule has 1 N–H and O–H groups in total. The summed E-state index contributed by atoms with van der Waals surface area (Å²) in [4.78, 5) is 13.4. The molecule has 0 aliphatic heterocycles. The summed E-state index contributed by atoms with van der Waals surface area (Å²) in [5.74, 6) is -2.03. The van der Waals surface area contributed by atoms with E-state index in [-0.39, 0.29) is 17.6 Å². The maximum Gasteiger partial charge on any atom is 0.253 e. The Hall–Kier alpha value is -1.49. The molecule has 0 atom stereocenters. The second kappa shape index (κ2) is 5.02. The molecular formula is C13H15F2NO2. The molecule has 98 valence electrons. The summed E-state index contributed by atoms with van der Waals surface area (Å²) in [5.41, 5.74) is 0.135. The predicted molar refractivity (Wildman–Crippen MR) is 62.0 cm³/mol.